The van der Waals surface area contributed by atoms with Crippen molar-refractivity contribution in [2.75, 3.05) is 24.6 Å². The molecule has 0 aromatic heterocycles. The summed E-state index contributed by atoms with van der Waals surface area (Å²) in [5, 5.41) is 0. The van der Waals surface area contributed by atoms with Crippen molar-refractivity contribution in [3.05, 3.63) is 24.0 Å². The van der Waals surface area contributed by atoms with Crippen molar-refractivity contribution in [2.45, 2.75) is 70.9 Å². The van der Waals surface area contributed by atoms with Crippen molar-refractivity contribution >= 4 is 11.6 Å². The molecule has 2 saturated heterocycles. The fourth-order valence-electron chi connectivity index (χ4n) is 5.52. The number of amides is 1. The summed E-state index contributed by atoms with van der Waals surface area (Å²) in [6.45, 7) is 6.17. The maximum Gasteiger partial charge on any atom is 0.265 e. The molecule has 0 N–H and O–H groups in total. The van der Waals surface area contributed by atoms with Crippen LogP contribution in [0.25, 0.3) is 0 Å². The van der Waals surface area contributed by atoms with Gasteiger partial charge in [0.15, 0.2) is 6.61 Å². The number of nitrogens with zero attached hydrogens (tertiary/aromatic N) is 2. The van der Waals surface area contributed by atoms with E-state index in [0.29, 0.717) is 36.0 Å². The third kappa shape index (κ3) is 4.05. The van der Waals surface area contributed by atoms with Crippen LogP contribution in [0.2, 0.25) is 0 Å². The fourth-order valence-corrected chi connectivity index (χ4v) is 5.52. The molecular formula is C23H33FN2O2. The van der Waals surface area contributed by atoms with Crippen LogP contribution in [0, 0.1) is 17.7 Å². The summed E-state index contributed by atoms with van der Waals surface area (Å²) in [6, 6.07) is 5.86. The molecule has 4 rings (SSSR count). The zero-order chi connectivity index (χ0) is 19.7. The lowest BCUT2D eigenvalue weighted by Crippen LogP contribution is -2.48. The smallest absolute Gasteiger partial charge is 0.265 e. The van der Waals surface area contributed by atoms with E-state index in [-0.39, 0.29) is 18.3 Å². The maximum atomic E-state index is 13.7. The summed E-state index contributed by atoms with van der Waals surface area (Å²) in [6.07, 6.45) is 9.37. The number of rotatable bonds is 7. The van der Waals surface area contributed by atoms with Crippen molar-refractivity contribution in [3.63, 3.8) is 0 Å². The van der Waals surface area contributed by atoms with Crippen molar-refractivity contribution < 1.29 is 13.9 Å². The Bertz CT molecular complexity index is 696. The molecule has 0 aliphatic carbocycles. The summed E-state index contributed by atoms with van der Waals surface area (Å²) in [5.41, 5.74) is 0.573. The Morgan fingerprint density at radius 1 is 1.21 bits per heavy atom. The van der Waals surface area contributed by atoms with Gasteiger partial charge in [-0.15, -0.1) is 0 Å². The second kappa shape index (κ2) is 8.40. The number of unbranched alkanes of at least 4 members (excludes halogenated alkanes) is 1. The monoisotopic (exact) mass is 388 g/mol. The van der Waals surface area contributed by atoms with Gasteiger partial charge in [-0.25, -0.2) is 4.39 Å². The third-order valence-electron chi connectivity index (χ3n) is 6.83. The first-order valence-corrected chi connectivity index (χ1v) is 11.0. The molecule has 0 spiro atoms. The van der Waals surface area contributed by atoms with Crippen molar-refractivity contribution in [1.82, 2.24) is 4.90 Å². The molecule has 154 valence electrons. The van der Waals surface area contributed by atoms with Gasteiger partial charge in [0, 0.05) is 31.2 Å². The lowest BCUT2D eigenvalue weighted by molar-refractivity contribution is -0.121. The molecule has 3 aliphatic rings. The van der Waals surface area contributed by atoms with E-state index in [2.05, 4.69) is 18.7 Å². The number of halogens is 1. The molecule has 5 heteroatoms. The van der Waals surface area contributed by atoms with Crippen LogP contribution >= 0.6 is 0 Å². The summed E-state index contributed by atoms with van der Waals surface area (Å²) >= 11 is 0. The lowest BCUT2D eigenvalue weighted by atomic mass is 9.86. The normalized spacial score (nSPS) is 28.2. The predicted octanol–water partition coefficient (Wildman–Crippen LogP) is 4.62. The topological polar surface area (TPSA) is 32.8 Å². The Morgan fingerprint density at radius 2 is 1.96 bits per heavy atom. The zero-order valence-corrected chi connectivity index (χ0v) is 17.2. The van der Waals surface area contributed by atoms with Gasteiger partial charge in [-0.3, -0.25) is 9.69 Å². The van der Waals surface area contributed by atoms with Gasteiger partial charge < -0.3 is 9.64 Å². The molecule has 3 heterocycles. The largest absolute Gasteiger partial charge is 0.482 e. The minimum Gasteiger partial charge on any atom is -0.482 e. The maximum absolute atomic E-state index is 13.7. The van der Waals surface area contributed by atoms with E-state index in [4.69, 9.17) is 4.74 Å². The Labute approximate surface area is 168 Å². The van der Waals surface area contributed by atoms with Crippen molar-refractivity contribution in [3.8, 4) is 5.75 Å². The van der Waals surface area contributed by atoms with Gasteiger partial charge in [0.2, 0.25) is 0 Å². The molecule has 3 atom stereocenters. The average molecular weight is 389 g/mol. The molecule has 1 aromatic rings. The number of fused-ring (bicyclic) bond motifs is 3. The Hall–Kier alpha value is -1.62. The third-order valence-corrected chi connectivity index (χ3v) is 6.83. The molecule has 4 nitrogen and oxygen atoms in total. The molecule has 0 saturated carbocycles. The highest BCUT2D eigenvalue weighted by atomic mass is 19.1. The highest BCUT2D eigenvalue weighted by Crippen LogP contribution is 2.41. The van der Waals surface area contributed by atoms with Crippen molar-refractivity contribution in [2.24, 2.45) is 11.8 Å². The number of piperidine rings is 1. The van der Waals surface area contributed by atoms with E-state index in [1.54, 1.807) is 11.0 Å². The molecular weight excluding hydrogens is 355 g/mol. The van der Waals surface area contributed by atoms with Gasteiger partial charge in [-0.1, -0.05) is 33.1 Å². The van der Waals surface area contributed by atoms with E-state index in [9.17, 15) is 9.18 Å². The number of anilines is 1. The van der Waals surface area contributed by atoms with Crippen LogP contribution in [-0.4, -0.2) is 42.6 Å². The first-order valence-electron chi connectivity index (χ1n) is 11.0. The number of carbonyl (C=O) groups excluding carboxylic acids is 1. The average Bonchev–Trinajstić information content (AvgIpc) is 2.90. The van der Waals surface area contributed by atoms with Crippen LogP contribution in [-0.2, 0) is 4.79 Å². The number of hydrogen-bond donors (Lipinski definition) is 0. The molecule has 1 amide bonds. The predicted molar refractivity (Wildman–Crippen MR) is 109 cm³/mol. The van der Waals surface area contributed by atoms with E-state index in [0.717, 1.165) is 12.5 Å². The number of hydrogen-bond acceptors (Lipinski definition) is 3. The molecule has 2 bridgehead atoms. The minimum atomic E-state index is -0.332. The summed E-state index contributed by atoms with van der Waals surface area (Å²) in [4.78, 5) is 16.9. The first kappa shape index (κ1) is 19.7. The van der Waals surface area contributed by atoms with Gasteiger partial charge >= 0.3 is 0 Å². The van der Waals surface area contributed by atoms with Crippen LogP contribution in [0.15, 0.2) is 18.2 Å². The molecule has 0 radical (unpaired) electrons. The molecule has 1 aromatic carbocycles. The molecule has 3 aliphatic heterocycles. The van der Waals surface area contributed by atoms with Gasteiger partial charge in [0.25, 0.3) is 5.91 Å². The highest BCUT2D eigenvalue weighted by molar-refractivity contribution is 5.97. The lowest BCUT2D eigenvalue weighted by Gasteiger charge is -2.41. The van der Waals surface area contributed by atoms with E-state index in [1.807, 2.05) is 0 Å². The number of ether oxygens (including phenoxy) is 1. The standard InChI is InChI=1S/C23H33FN2O2/c1-3-4-5-17-10-19-7-8-20(11-17)25(19)13-16(2)14-26-21-12-18(24)6-9-22(21)28-15-23(26)27/h6,9,12,16-17,19-20H,3-5,7-8,10-11,13-15H2,1-2H3/t16-,17?,19?,20?/m1/s1. The van der Waals surface area contributed by atoms with Crippen LogP contribution < -0.4 is 9.64 Å². The van der Waals surface area contributed by atoms with E-state index >= 15 is 0 Å². The minimum absolute atomic E-state index is 0.0411. The van der Waals surface area contributed by atoms with Crippen LogP contribution in [0.1, 0.15) is 58.8 Å². The highest BCUT2D eigenvalue weighted by Gasteiger charge is 2.41. The van der Waals surface area contributed by atoms with Crippen LogP contribution in [0.3, 0.4) is 0 Å². The Balaban J connectivity index is 1.38. The zero-order valence-electron chi connectivity index (χ0n) is 17.2. The first-order chi connectivity index (χ1) is 13.5. The number of carbonyl (C=O) groups is 1. The Morgan fingerprint density at radius 3 is 2.68 bits per heavy atom. The van der Waals surface area contributed by atoms with E-state index in [1.165, 1.54) is 57.1 Å². The second-order valence-electron chi connectivity index (χ2n) is 9.07. The van der Waals surface area contributed by atoms with Gasteiger partial charge in [0.05, 0.1) is 5.69 Å². The van der Waals surface area contributed by atoms with Crippen LogP contribution in [0.4, 0.5) is 10.1 Å². The molecule has 2 unspecified atom stereocenters. The van der Waals surface area contributed by atoms with Gasteiger partial charge in [0.1, 0.15) is 11.6 Å². The SMILES string of the molecule is CCCCC1CC2CCC(C1)N2C[C@@H](C)CN1C(=O)COc2ccc(F)cc21. The van der Waals surface area contributed by atoms with Crippen LogP contribution in [0.5, 0.6) is 5.75 Å². The summed E-state index contributed by atoms with van der Waals surface area (Å²) in [5.74, 6) is 1.44. The van der Waals surface area contributed by atoms with E-state index < -0.39 is 0 Å². The van der Waals surface area contributed by atoms with Gasteiger partial charge in [-0.05, 0) is 49.7 Å². The quantitative estimate of drug-likeness (QED) is 0.683. The molecule has 28 heavy (non-hydrogen) atoms. The number of benzene rings is 1. The summed E-state index contributed by atoms with van der Waals surface area (Å²) < 4.78 is 19.2. The second-order valence-corrected chi connectivity index (χ2v) is 9.07. The summed E-state index contributed by atoms with van der Waals surface area (Å²) in [7, 11) is 0. The van der Waals surface area contributed by atoms with Gasteiger partial charge in [-0.2, -0.15) is 0 Å². The molecule has 2 fully saturated rings. The van der Waals surface area contributed by atoms with Crippen molar-refractivity contribution in [1.29, 1.82) is 0 Å². The fraction of sp³-hybridized carbons (Fsp3) is 0.696. The Kier molecular flexibility index (Phi) is 5.91.